The van der Waals surface area contributed by atoms with E-state index < -0.39 is 0 Å². The third-order valence-electron chi connectivity index (χ3n) is 3.81. The summed E-state index contributed by atoms with van der Waals surface area (Å²) in [5.41, 5.74) is 0. The molecule has 0 saturated heterocycles. The average Bonchev–Trinajstić information content (AvgIpc) is 2.91. The molecular formula is C16H23NOS. The van der Waals surface area contributed by atoms with E-state index in [0.29, 0.717) is 0 Å². The lowest BCUT2D eigenvalue weighted by Crippen LogP contribution is -2.35. The van der Waals surface area contributed by atoms with Crippen LogP contribution in [0.3, 0.4) is 0 Å². The van der Waals surface area contributed by atoms with Crippen molar-refractivity contribution in [2.45, 2.75) is 51.6 Å². The number of hydrogen-bond donors (Lipinski definition) is 1. The van der Waals surface area contributed by atoms with Crippen LogP contribution in [0.5, 0.6) is 0 Å². The van der Waals surface area contributed by atoms with E-state index in [-0.39, 0.29) is 6.61 Å². The van der Waals surface area contributed by atoms with Crippen molar-refractivity contribution >= 4 is 11.3 Å². The molecule has 2 nitrogen and oxygen atoms in total. The molecule has 0 radical (unpaired) electrons. The van der Waals surface area contributed by atoms with Crippen molar-refractivity contribution in [3.05, 3.63) is 21.9 Å². The number of aliphatic hydroxyl groups is 1. The van der Waals surface area contributed by atoms with Crippen molar-refractivity contribution in [1.29, 1.82) is 0 Å². The van der Waals surface area contributed by atoms with E-state index in [4.69, 9.17) is 5.11 Å². The van der Waals surface area contributed by atoms with Gasteiger partial charge in [-0.15, -0.1) is 11.3 Å². The Morgan fingerprint density at radius 1 is 1.32 bits per heavy atom. The van der Waals surface area contributed by atoms with E-state index in [9.17, 15) is 0 Å². The van der Waals surface area contributed by atoms with Crippen LogP contribution in [-0.2, 0) is 6.54 Å². The van der Waals surface area contributed by atoms with Crippen LogP contribution in [0, 0.1) is 11.8 Å². The first-order valence-corrected chi connectivity index (χ1v) is 8.07. The largest absolute Gasteiger partial charge is 0.384 e. The molecule has 3 heteroatoms. The van der Waals surface area contributed by atoms with Crippen LogP contribution in [0.15, 0.2) is 12.1 Å². The first-order chi connectivity index (χ1) is 9.33. The summed E-state index contributed by atoms with van der Waals surface area (Å²) < 4.78 is 0. The maximum absolute atomic E-state index is 8.71. The van der Waals surface area contributed by atoms with Gasteiger partial charge in [0, 0.05) is 17.5 Å². The summed E-state index contributed by atoms with van der Waals surface area (Å²) >= 11 is 1.75. The molecule has 1 aliphatic carbocycles. The van der Waals surface area contributed by atoms with Gasteiger partial charge in [0.1, 0.15) is 6.61 Å². The lowest BCUT2D eigenvalue weighted by molar-refractivity contribution is 0.157. The van der Waals surface area contributed by atoms with Crippen LogP contribution in [0.1, 0.15) is 48.8 Å². The second-order valence-electron chi connectivity index (χ2n) is 5.08. The Morgan fingerprint density at radius 2 is 2.11 bits per heavy atom. The molecule has 1 aromatic heterocycles. The van der Waals surface area contributed by atoms with Crippen molar-refractivity contribution in [2.75, 3.05) is 13.2 Å². The molecule has 19 heavy (non-hydrogen) atoms. The van der Waals surface area contributed by atoms with Crippen molar-refractivity contribution in [2.24, 2.45) is 0 Å². The molecule has 0 bridgehead atoms. The van der Waals surface area contributed by atoms with Crippen molar-refractivity contribution < 1.29 is 5.11 Å². The van der Waals surface area contributed by atoms with Crippen LogP contribution < -0.4 is 0 Å². The van der Waals surface area contributed by atoms with Crippen molar-refractivity contribution in [3.8, 4) is 11.8 Å². The van der Waals surface area contributed by atoms with Gasteiger partial charge in [-0.1, -0.05) is 38.0 Å². The Labute approximate surface area is 120 Å². The number of thiophene rings is 1. The molecule has 1 heterocycles. The van der Waals surface area contributed by atoms with E-state index in [2.05, 4.69) is 35.8 Å². The quantitative estimate of drug-likeness (QED) is 0.854. The third kappa shape index (κ3) is 4.35. The highest BCUT2D eigenvalue weighted by Crippen LogP contribution is 2.25. The SMILES string of the molecule is CCN(Cc1ccc(C#CCO)s1)C1CCCCC1. The Hall–Kier alpha value is -0.820. The van der Waals surface area contributed by atoms with E-state index in [1.54, 1.807) is 11.3 Å². The molecule has 1 N–H and O–H groups in total. The number of hydrogen-bond acceptors (Lipinski definition) is 3. The van der Waals surface area contributed by atoms with Gasteiger partial charge in [0.05, 0.1) is 4.88 Å². The van der Waals surface area contributed by atoms with E-state index in [0.717, 1.165) is 24.0 Å². The smallest absolute Gasteiger partial charge is 0.104 e. The summed E-state index contributed by atoms with van der Waals surface area (Å²) in [6.07, 6.45) is 6.90. The summed E-state index contributed by atoms with van der Waals surface area (Å²) in [6.45, 7) is 4.37. The molecule has 0 spiro atoms. The average molecular weight is 277 g/mol. The second kappa shape index (κ2) is 7.69. The van der Waals surface area contributed by atoms with Gasteiger partial charge in [-0.05, 0) is 31.5 Å². The van der Waals surface area contributed by atoms with Gasteiger partial charge in [-0.25, -0.2) is 0 Å². The summed E-state index contributed by atoms with van der Waals surface area (Å²) in [4.78, 5) is 5.05. The van der Waals surface area contributed by atoms with E-state index >= 15 is 0 Å². The maximum Gasteiger partial charge on any atom is 0.104 e. The molecule has 0 aromatic carbocycles. The molecule has 104 valence electrons. The van der Waals surface area contributed by atoms with Gasteiger partial charge < -0.3 is 5.11 Å². The normalized spacial score (nSPS) is 16.4. The molecule has 0 unspecified atom stereocenters. The molecule has 1 aromatic rings. The fourth-order valence-corrected chi connectivity index (χ4v) is 3.71. The highest BCUT2D eigenvalue weighted by atomic mass is 32.1. The maximum atomic E-state index is 8.71. The van der Waals surface area contributed by atoms with Crippen LogP contribution in [-0.4, -0.2) is 29.2 Å². The first kappa shape index (κ1) is 14.6. The fourth-order valence-electron chi connectivity index (χ4n) is 2.80. The lowest BCUT2D eigenvalue weighted by Gasteiger charge is -2.33. The molecule has 1 aliphatic rings. The lowest BCUT2D eigenvalue weighted by atomic mass is 9.94. The van der Waals surface area contributed by atoms with Crippen LogP contribution in [0.2, 0.25) is 0 Å². The minimum absolute atomic E-state index is 0.0591. The molecular weight excluding hydrogens is 254 g/mol. The second-order valence-corrected chi connectivity index (χ2v) is 6.25. The van der Waals surface area contributed by atoms with Gasteiger partial charge >= 0.3 is 0 Å². The van der Waals surface area contributed by atoms with Gasteiger partial charge in [-0.3, -0.25) is 4.90 Å². The standard InChI is InChI=1S/C16H23NOS/c1-2-17(14-7-4-3-5-8-14)13-16-11-10-15(19-16)9-6-12-18/h10-11,14,18H,2-5,7-8,12-13H2,1H3. The molecule has 0 amide bonds. The number of rotatable bonds is 4. The number of aliphatic hydroxyl groups excluding tert-OH is 1. The Balaban J connectivity index is 1.95. The van der Waals surface area contributed by atoms with Gasteiger partial charge in [0.2, 0.25) is 0 Å². The summed E-state index contributed by atoms with van der Waals surface area (Å²) in [7, 11) is 0. The molecule has 2 rings (SSSR count). The monoisotopic (exact) mass is 277 g/mol. The van der Waals surface area contributed by atoms with Crippen molar-refractivity contribution in [3.63, 3.8) is 0 Å². The zero-order valence-corrected chi connectivity index (χ0v) is 12.5. The highest BCUT2D eigenvalue weighted by molar-refractivity contribution is 7.12. The predicted octanol–water partition coefficient (Wildman–Crippen LogP) is 3.25. The minimum Gasteiger partial charge on any atom is -0.384 e. The molecule has 1 saturated carbocycles. The Kier molecular flexibility index (Phi) is 5.91. The topological polar surface area (TPSA) is 23.5 Å². The minimum atomic E-state index is -0.0591. The third-order valence-corrected chi connectivity index (χ3v) is 4.79. The highest BCUT2D eigenvalue weighted by Gasteiger charge is 2.20. The zero-order valence-electron chi connectivity index (χ0n) is 11.7. The Bertz CT molecular complexity index is 437. The van der Waals surface area contributed by atoms with Crippen molar-refractivity contribution in [1.82, 2.24) is 4.90 Å². The van der Waals surface area contributed by atoms with E-state index in [1.165, 1.54) is 37.0 Å². The summed E-state index contributed by atoms with van der Waals surface area (Å²) in [6, 6.07) is 5.02. The summed E-state index contributed by atoms with van der Waals surface area (Å²) in [5, 5.41) is 8.71. The Morgan fingerprint density at radius 3 is 2.79 bits per heavy atom. The fraction of sp³-hybridized carbons (Fsp3) is 0.625. The molecule has 0 aliphatic heterocycles. The van der Waals surface area contributed by atoms with Gasteiger partial charge in [0.15, 0.2) is 0 Å². The zero-order chi connectivity index (χ0) is 13.5. The number of nitrogens with zero attached hydrogens (tertiary/aromatic N) is 1. The van der Waals surface area contributed by atoms with Crippen LogP contribution >= 0.6 is 11.3 Å². The summed E-state index contributed by atoms with van der Waals surface area (Å²) in [5.74, 6) is 5.70. The molecule has 1 fully saturated rings. The van der Waals surface area contributed by atoms with Gasteiger partial charge in [0.25, 0.3) is 0 Å². The van der Waals surface area contributed by atoms with Crippen LogP contribution in [0.25, 0.3) is 0 Å². The predicted molar refractivity (Wildman–Crippen MR) is 81.2 cm³/mol. The van der Waals surface area contributed by atoms with Crippen LogP contribution in [0.4, 0.5) is 0 Å². The van der Waals surface area contributed by atoms with Gasteiger partial charge in [-0.2, -0.15) is 0 Å². The first-order valence-electron chi connectivity index (χ1n) is 7.26. The van der Waals surface area contributed by atoms with E-state index in [1.807, 2.05) is 0 Å². The molecule has 0 atom stereocenters.